The molecule has 3 N–H and O–H groups in total. The van der Waals surface area contributed by atoms with Crippen molar-refractivity contribution in [1.82, 2.24) is 20.9 Å². The molecule has 1 saturated heterocycles. The standard InChI is InChI=1S/C27H30F4N4O6/c1-27(2,3)41-26(39)35-19(11-15-6-4-5-8-32-15)25(38)34-18(10-14-7-9-33-24(14)37)20(36)13-40-23-21(30)16(28)12-17(29)22(23)31/h4-6,8,12,14,18-19H,7,9-11,13H2,1-3H3,(H,33,37)(H,34,38)(H,35,39)/t14-,18-,19-/m0/s1. The maximum absolute atomic E-state index is 14.0. The second kappa shape index (κ2) is 13.4. The first-order valence-electron chi connectivity index (χ1n) is 12.7. The molecule has 222 valence electrons. The SMILES string of the molecule is CC(C)(C)OC(=O)N[C@@H](Cc1ccccn1)C(=O)N[C@@H](C[C@@H]1CCNC1=O)C(=O)COc1c(F)c(F)cc(F)c1F. The third-order valence-electron chi connectivity index (χ3n) is 5.97. The number of halogens is 4. The molecule has 1 aliphatic rings. The number of benzene rings is 1. The van der Waals surface area contributed by atoms with E-state index in [-0.39, 0.29) is 24.8 Å². The zero-order chi connectivity index (χ0) is 30.3. The number of ether oxygens (including phenoxy) is 2. The second-order valence-corrected chi connectivity index (χ2v) is 10.3. The molecular weight excluding hydrogens is 552 g/mol. The van der Waals surface area contributed by atoms with Crippen molar-refractivity contribution in [1.29, 1.82) is 0 Å². The van der Waals surface area contributed by atoms with Gasteiger partial charge >= 0.3 is 6.09 Å². The molecule has 1 aromatic heterocycles. The first-order valence-corrected chi connectivity index (χ1v) is 12.7. The highest BCUT2D eigenvalue weighted by Gasteiger charge is 2.34. The molecule has 1 fully saturated rings. The molecule has 3 rings (SSSR count). The summed E-state index contributed by atoms with van der Waals surface area (Å²) < 4.78 is 65.2. The molecule has 3 amide bonds. The van der Waals surface area contributed by atoms with Gasteiger partial charge in [0.25, 0.3) is 0 Å². The fraction of sp³-hybridized carbons (Fsp3) is 0.444. The Morgan fingerprint density at radius 2 is 1.76 bits per heavy atom. The highest BCUT2D eigenvalue weighted by atomic mass is 19.2. The molecule has 0 bridgehead atoms. The number of hydrogen-bond acceptors (Lipinski definition) is 7. The van der Waals surface area contributed by atoms with Crippen LogP contribution in [0.5, 0.6) is 5.75 Å². The van der Waals surface area contributed by atoms with Crippen LogP contribution in [0.1, 0.15) is 39.3 Å². The summed E-state index contributed by atoms with van der Waals surface area (Å²) in [6.07, 6.45) is 0.574. The van der Waals surface area contributed by atoms with Crippen LogP contribution in [0.4, 0.5) is 22.4 Å². The number of Topliss-reactive ketones (excluding diaryl/α,β-unsaturated/α-hetero) is 1. The van der Waals surface area contributed by atoms with Gasteiger partial charge in [-0.15, -0.1) is 0 Å². The Morgan fingerprint density at radius 1 is 1.07 bits per heavy atom. The lowest BCUT2D eigenvalue weighted by Gasteiger charge is -2.26. The van der Waals surface area contributed by atoms with Crippen LogP contribution in [0.15, 0.2) is 30.5 Å². The third-order valence-corrected chi connectivity index (χ3v) is 5.97. The molecule has 1 aromatic carbocycles. The van der Waals surface area contributed by atoms with E-state index in [9.17, 15) is 36.7 Å². The summed E-state index contributed by atoms with van der Waals surface area (Å²) in [4.78, 5) is 55.3. The van der Waals surface area contributed by atoms with Crippen LogP contribution in [-0.2, 0) is 25.5 Å². The quantitative estimate of drug-likeness (QED) is 0.274. The maximum Gasteiger partial charge on any atom is 0.408 e. The average molecular weight is 583 g/mol. The van der Waals surface area contributed by atoms with Crippen molar-refractivity contribution >= 4 is 23.7 Å². The molecule has 1 aliphatic heterocycles. The lowest BCUT2D eigenvalue weighted by Crippen LogP contribution is -2.54. The molecule has 10 nitrogen and oxygen atoms in total. The van der Waals surface area contributed by atoms with Crippen LogP contribution < -0.4 is 20.7 Å². The Balaban J connectivity index is 1.82. The molecular formula is C27H30F4N4O6. The van der Waals surface area contributed by atoms with E-state index in [4.69, 9.17) is 9.47 Å². The highest BCUT2D eigenvalue weighted by Crippen LogP contribution is 2.27. The summed E-state index contributed by atoms with van der Waals surface area (Å²) >= 11 is 0. The maximum atomic E-state index is 14.0. The smallest absolute Gasteiger partial charge is 0.408 e. The summed E-state index contributed by atoms with van der Waals surface area (Å²) in [7, 11) is 0. The predicted octanol–water partition coefficient (Wildman–Crippen LogP) is 2.73. The van der Waals surface area contributed by atoms with E-state index in [1.54, 1.807) is 39.0 Å². The molecule has 2 aromatic rings. The second-order valence-electron chi connectivity index (χ2n) is 10.3. The number of alkyl carbamates (subject to hydrolysis) is 1. The molecule has 2 heterocycles. The van der Waals surface area contributed by atoms with Crippen LogP contribution in [0.2, 0.25) is 0 Å². The van der Waals surface area contributed by atoms with Crippen molar-refractivity contribution in [3.8, 4) is 5.75 Å². The van der Waals surface area contributed by atoms with Crippen LogP contribution in [0.3, 0.4) is 0 Å². The molecule has 3 atom stereocenters. The molecule has 41 heavy (non-hydrogen) atoms. The van der Waals surface area contributed by atoms with Gasteiger partial charge in [0, 0.05) is 36.8 Å². The summed E-state index contributed by atoms with van der Waals surface area (Å²) in [5.74, 6) is -11.5. The van der Waals surface area contributed by atoms with E-state index in [0.29, 0.717) is 18.7 Å². The van der Waals surface area contributed by atoms with Gasteiger partial charge in [-0.1, -0.05) is 6.07 Å². The number of carbonyl (C=O) groups is 4. The number of rotatable bonds is 11. The van der Waals surface area contributed by atoms with Crippen LogP contribution in [-0.4, -0.2) is 59.5 Å². The summed E-state index contributed by atoms with van der Waals surface area (Å²) in [5, 5.41) is 7.49. The fourth-order valence-electron chi connectivity index (χ4n) is 4.01. The Kier molecular flexibility index (Phi) is 10.2. The van der Waals surface area contributed by atoms with Crippen LogP contribution in [0.25, 0.3) is 0 Å². The number of aromatic nitrogens is 1. The van der Waals surface area contributed by atoms with Gasteiger partial charge in [-0.25, -0.2) is 13.6 Å². The van der Waals surface area contributed by atoms with Gasteiger partial charge in [-0.05, 0) is 45.7 Å². The minimum absolute atomic E-state index is 0.0134. The number of pyridine rings is 1. The largest absolute Gasteiger partial charge is 0.479 e. The van der Waals surface area contributed by atoms with E-state index >= 15 is 0 Å². The first kappa shape index (κ1) is 31.3. The number of hydrogen-bond donors (Lipinski definition) is 3. The minimum atomic E-state index is -1.84. The van der Waals surface area contributed by atoms with Gasteiger partial charge in [-0.3, -0.25) is 19.4 Å². The van der Waals surface area contributed by atoms with Crippen molar-refractivity contribution in [3.05, 3.63) is 59.4 Å². The molecule has 0 unspecified atom stereocenters. The summed E-state index contributed by atoms with van der Waals surface area (Å²) in [6, 6.07) is 2.18. The molecule has 0 spiro atoms. The van der Waals surface area contributed by atoms with Gasteiger partial charge in [0.05, 0.1) is 6.04 Å². The van der Waals surface area contributed by atoms with Gasteiger partial charge in [-0.2, -0.15) is 8.78 Å². The van der Waals surface area contributed by atoms with Crippen molar-refractivity contribution in [2.45, 2.75) is 57.7 Å². The van der Waals surface area contributed by atoms with Crippen molar-refractivity contribution in [3.63, 3.8) is 0 Å². The Morgan fingerprint density at radius 3 is 2.32 bits per heavy atom. The van der Waals surface area contributed by atoms with Crippen molar-refractivity contribution in [2.75, 3.05) is 13.2 Å². The third kappa shape index (κ3) is 8.88. The summed E-state index contributed by atoms with van der Waals surface area (Å²) in [6.45, 7) is 4.10. The summed E-state index contributed by atoms with van der Waals surface area (Å²) in [5.41, 5.74) is -0.466. The number of amides is 3. The fourth-order valence-corrected chi connectivity index (χ4v) is 4.01. The van der Waals surface area contributed by atoms with E-state index in [1.807, 2.05) is 0 Å². The van der Waals surface area contributed by atoms with E-state index in [1.165, 1.54) is 6.20 Å². The number of ketones is 1. The molecule has 0 saturated carbocycles. The molecule has 0 radical (unpaired) electrons. The monoisotopic (exact) mass is 582 g/mol. The first-order chi connectivity index (χ1) is 19.2. The molecule has 14 heteroatoms. The number of carbonyl (C=O) groups excluding carboxylic acids is 4. The van der Waals surface area contributed by atoms with E-state index in [0.717, 1.165) is 0 Å². The van der Waals surface area contributed by atoms with E-state index in [2.05, 4.69) is 20.9 Å². The topological polar surface area (TPSA) is 136 Å². The van der Waals surface area contributed by atoms with Crippen LogP contribution in [0, 0.1) is 29.2 Å². The highest BCUT2D eigenvalue weighted by molar-refractivity contribution is 5.93. The normalized spacial score (nSPS) is 16.4. The van der Waals surface area contributed by atoms with Crippen molar-refractivity contribution < 1.29 is 46.2 Å². The predicted molar refractivity (Wildman–Crippen MR) is 136 cm³/mol. The average Bonchev–Trinajstić information content (AvgIpc) is 3.30. The molecule has 0 aliphatic carbocycles. The minimum Gasteiger partial charge on any atom is -0.479 e. The lowest BCUT2D eigenvalue weighted by atomic mass is 9.95. The Bertz CT molecular complexity index is 1260. The van der Waals surface area contributed by atoms with Gasteiger partial charge in [0.2, 0.25) is 23.4 Å². The zero-order valence-electron chi connectivity index (χ0n) is 22.6. The van der Waals surface area contributed by atoms with Gasteiger partial charge < -0.3 is 25.4 Å². The van der Waals surface area contributed by atoms with Crippen LogP contribution >= 0.6 is 0 Å². The van der Waals surface area contributed by atoms with Crippen molar-refractivity contribution in [2.24, 2.45) is 5.92 Å². The number of nitrogens with zero attached hydrogens (tertiary/aromatic N) is 1. The Labute approximate surface area is 233 Å². The van der Waals surface area contributed by atoms with Gasteiger partial charge in [0.15, 0.2) is 23.2 Å². The van der Waals surface area contributed by atoms with Gasteiger partial charge in [0.1, 0.15) is 18.2 Å². The zero-order valence-corrected chi connectivity index (χ0v) is 22.6. The Hall–Kier alpha value is -4.23. The van der Waals surface area contributed by atoms with E-state index < -0.39 is 77.0 Å². The lowest BCUT2D eigenvalue weighted by molar-refractivity contribution is -0.131. The number of nitrogens with one attached hydrogen (secondary N) is 3.